The Labute approximate surface area is 183 Å². The van der Waals surface area contributed by atoms with Crippen molar-refractivity contribution in [1.82, 2.24) is 20.8 Å². The molecule has 1 aromatic carbocycles. The van der Waals surface area contributed by atoms with E-state index in [2.05, 4.69) is 15.3 Å². The van der Waals surface area contributed by atoms with Crippen molar-refractivity contribution in [1.29, 1.82) is 5.41 Å². The first-order valence-electron chi connectivity index (χ1n) is 10.2. The third-order valence-electron chi connectivity index (χ3n) is 5.40. The molecule has 0 spiro atoms. The van der Waals surface area contributed by atoms with Gasteiger partial charge in [0.05, 0.1) is 22.5 Å². The Morgan fingerprint density at radius 1 is 1.12 bits per heavy atom. The third kappa shape index (κ3) is 4.65. The zero-order valence-corrected chi connectivity index (χ0v) is 17.9. The van der Waals surface area contributed by atoms with Gasteiger partial charge in [-0.1, -0.05) is 6.42 Å². The van der Waals surface area contributed by atoms with Crippen LogP contribution < -0.4 is 10.8 Å². The van der Waals surface area contributed by atoms with E-state index in [9.17, 15) is 19.1 Å². The van der Waals surface area contributed by atoms with Gasteiger partial charge in [0.2, 0.25) is 5.91 Å². The molecule has 7 N–H and O–H groups in total. The second-order valence-electron chi connectivity index (χ2n) is 7.64. The van der Waals surface area contributed by atoms with Crippen molar-refractivity contribution < 1.29 is 24.3 Å². The van der Waals surface area contributed by atoms with E-state index < -0.39 is 11.7 Å². The number of H-pyrrole nitrogens is 2. The number of rotatable bonds is 9. The third-order valence-corrected chi connectivity index (χ3v) is 5.40. The molecule has 0 aliphatic carbocycles. The number of aromatic amines is 2. The van der Waals surface area contributed by atoms with Crippen molar-refractivity contribution in [2.45, 2.75) is 39.5 Å². The topological polar surface area (TPSA) is 154 Å². The highest BCUT2D eigenvalue weighted by molar-refractivity contribution is 6.20. The monoisotopic (exact) mass is 443 g/mol. The summed E-state index contributed by atoms with van der Waals surface area (Å²) < 4.78 is 13.7. The maximum atomic E-state index is 13.7. The van der Waals surface area contributed by atoms with Gasteiger partial charge >= 0.3 is 0 Å². The fourth-order valence-electron chi connectivity index (χ4n) is 3.80. The second kappa shape index (κ2) is 9.65. The van der Waals surface area contributed by atoms with Gasteiger partial charge in [0.1, 0.15) is 5.82 Å². The molecule has 3 aromatic rings. The largest absolute Gasteiger partial charge is 0.494 e. The highest BCUT2D eigenvalue weighted by atomic mass is 19.1. The molecule has 2 heterocycles. The fraction of sp³-hybridized carbons (Fsp3) is 0.318. The molecule has 2 aromatic heterocycles. The molecule has 0 atom stereocenters. The van der Waals surface area contributed by atoms with Gasteiger partial charge in [-0.05, 0) is 50.5 Å². The summed E-state index contributed by atoms with van der Waals surface area (Å²) >= 11 is 0. The number of nitrogens with one attached hydrogen (secondary N) is 5. The van der Waals surface area contributed by atoms with Gasteiger partial charge in [0, 0.05) is 29.6 Å². The van der Waals surface area contributed by atoms with Gasteiger partial charge in [-0.3, -0.25) is 20.2 Å². The average Bonchev–Trinajstić information content (AvgIpc) is 3.24. The molecule has 2 amide bonds. The number of aromatic nitrogens is 2. The molecule has 9 nitrogen and oxygen atoms in total. The molecule has 10 heteroatoms. The number of carbonyl (C=O) groups is 2. The van der Waals surface area contributed by atoms with E-state index in [1.807, 2.05) is 0 Å². The minimum absolute atomic E-state index is 0.0545. The maximum absolute atomic E-state index is 13.7. The number of aryl methyl sites for hydroxylation is 1. The van der Waals surface area contributed by atoms with Crippen LogP contribution in [0.15, 0.2) is 18.2 Å². The second-order valence-corrected chi connectivity index (χ2v) is 7.64. The Bertz CT molecular complexity index is 1180. The Kier molecular flexibility index (Phi) is 6.94. The maximum Gasteiger partial charge on any atom is 0.253 e. The Morgan fingerprint density at radius 2 is 1.88 bits per heavy atom. The van der Waals surface area contributed by atoms with Crippen LogP contribution in [0.3, 0.4) is 0 Å². The molecule has 0 unspecified atom stereocenters. The number of halogens is 1. The van der Waals surface area contributed by atoms with Crippen LogP contribution in [0.4, 0.5) is 4.39 Å². The van der Waals surface area contributed by atoms with Gasteiger partial charge in [-0.15, -0.1) is 0 Å². The lowest BCUT2D eigenvalue weighted by Gasteiger charge is -2.07. The first kappa shape index (κ1) is 23.0. The number of aromatic hydroxyl groups is 1. The molecular weight excluding hydrogens is 417 g/mol. The number of hydrogen-bond acceptors (Lipinski definition) is 5. The highest BCUT2D eigenvalue weighted by Crippen LogP contribution is 2.31. The van der Waals surface area contributed by atoms with Gasteiger partial charge in [0.15, 0.2) is 5.88 Å². The normalized spacial score (nSPS) is 11.0. The summed E-state index contributed by atoms with van der Waals surface area (Å²) in [6, 6.07) is 4.00. The Hall–Kier alpha value is -3.66. The molecule has 0 bridgehead atoms. The number of benzene rings is 1. The molecule has 0 aliphatic heterocycles. The standard InChI is InChI=1S/C22H26FN5O4/c1-11-17(21(30)25-9-5-3-4-6-16(29)28-32)12(2)26-20(11)19(24)18-14-10-13(23)7-8-15(14)27-22(18)31/h7-8,10,24,26-27,31-32H,3-6,9H2,1-2H3,(H,25,30)(H,28,29). The highest BCUT2D eigenvalue weighted by Gasteiger charge is 2.24. The predicted octanol–water partition coefficient (Wildman–Crippen LogP) is 3.17. The molecule has 0 fully saturated rings. The molecule has 170 valence electrons. The van der Waals surface area contributed by atoms with Crippen LogP contribution in [-0.2, 0) is 4.79 Å². The van der Waals surface area contributed by atoms with Crippen LogP contribution in [0.1, 0.15) is 58.6 Å². The average molecular weight is 443 g/mol. The zero-order valence-electron chi connectivity index (χ0n) is 17.9. The summed E-state index contributed by atoms with van der Waals surface area (Å²) in [6.45, 7) is 3.85. The number of hydroxylamine groups is 1. The van der Waals surface area contributed by atoms with E-state index in [1.54, 1.807) is 19.3 Å². The van der Waals surface area contributed by atoms with E-state index in [1.165, 1.54) is 18.2 Å². The smallest absolute Gasteiger partial charge is 0.253 e. The lowest BCUT2D eigenvalue weighted by molar-refractivity contribution is -0.129. The van der Waals surface area contributed by atoms with Crippen molar-refractivity contribution in [3.05, 3.63) is 52.1 Å². The fourth-order valence-corrected chi connectivity index (χ4v) is 3.80. The van der Waals surface area contributed by atoms with Crippen LogP contribution in [-0.4, -0.2) is 44.4 Å². The minimum Gasteiger partial charge on any atom is -0.494 e. The van der Waals surface area contributed by atoms with E-state index in [0.717, 1.165) is 0 Å². The molecule has 3 rings (SSSR count). The molecule has 0 saturated carbocycles. The SMILES string of the molecule is Cc1[nH]c(C(=N)c2c(O)[nH]c3ccc(F)cc23)c(C)c1C(=O)NCCCCCC(=O)NO. The lowest BCUT2D eigenvalue weighted by Crippen LogP contribution is -2.25. The first-order chi connectivity index (χ1) is 15.2. The summed E-state index contributed by atoms with van der Waals surface area (Å²) in [6.07, 6.45) is 2.20. The molecular formula is C22H26FN5O4. The molecule has 0 aliphatic rings. The quantitative estimate of drug-likeness (QED) is 0.117. The van der Waals surface area contributed by atoms with Crippen molar-refractivity contribution in [2.75, 3.05) is 6.54 Å². The van der Waals surface area contributed by atoms with Crippen LogP contribution in [0.5, 0.6) is 5.88 Å². The summed E-state index contributed by atoms with van der Waals surface area (Å²) in [4.78, 5) is 29.5. The number of fused-ring (bicyclic) bond motifs is 1. The van der Waals surface area contributed by atoms with Gasteiger partial charge in [0.25, 0.3) is 5.91 Å². The van der Waals surface area contributed by atoms with E-state index in [0.29, 0.717) is 59.2 Å². The number of carbonyl (C=O) groups excluding carboxylic acids is 2. The van der Waals surface area contributed by atoms with Crippen molar-refractivity contribution in [3.63, 3.8) is 0 Å². The van der Waals surface area contributed by atoms with Crippen LogP contribution in [0, 0.1) is 25.1 Å². The van der Waals surface area contributed by atoms with Gasteiger partial charge in [-0.2, -0.15) is 0 Å². The molecule has 0 radical (unpaired) electrons. The molecule has 32 heavy (non-hydrogen) atoms. The van der Waals surface area contributed by atoms with E-state index >= 15 is 0 Å². The van der Waals surface area contributed by atoms with Crippen molar-refractivity contribution in [3.8, 4) is 5.88 Å². The Balaban J connectivity index is 1.73. The van der Waals surface area contributed by atoms with Crippen molar-refractivity contribution >= 4 is 28.4 Å². The Morgan fingerprint density at radius 3 is 2.59 bits per heavy atom. The minimum atomic E-state index is -0.484. The van der Waals surface area contributed by atoms with E-state index in [-0.39, 0.29) is 29.5 Å². The van der Waals surface area contributed by atoms with Crippen LogP contribution in [0.25, 0.3) is 10.9 Å². The lowest BCUT2D eigenvalue weighted by atomic mass is 10.0. The summed E-state index contributed by atoms with van der Waals surface area (Å²) in [5.74, 6) is -1.46. The first-order valence-corrected chi connectivity index (χ1v) is 10.2. The number of amides is 2. The summed E-state index contributed by atoms with van der Waals surface area (Å²) in [5, 5.41) is 30.6. The van der Waals surface area contributed by atoms with Crippen molar-refractivity contribution in [2.24, 2.45) is 0 Å². The van der Waals surface area contributed by atoms with Crippen LogP contribution in [0.2, 0.25) is 0 Å². The van der Waals surface area contributed by atoms with Crippen LogP contribution >= 0.6 is 0 Å². The zero-order chi connectivity index (χ0) is 23.4. The molecule has 0 saturated heterocycles. The summed E-state index contributed by atoms with van der Waals surface area (Å²) in [5.41, 5.74) is 4.08. The van der Waals surface area contributed by atoms with Gasteiger partial charge < -0.3 is 20.4 Å². The number of hydrogen-bond donors (Lipinski definition) is 7. The van der Waals surface area contributed by atoms with Gasteiger partial charge in [-0.25, -0.2) is 9.87 Å². The van der Waals surface area contributed by atoms with E-state index in [4.69, 9.17) is 10.6 Å². The predicted molar refractivity (Wildman–Crippen MR) is 117 cm³/mol. The number of unbranched alkanes of at least 4 members (excludes halogenated alkanes) is 2. The summed E-state index contributed by atoms with van der Waals surface area (Å²) in [7, 11) is 0.